The van der Waals surface area contributed by atoms with Gasteiger partial charge >= 0.3 is 0 Å². The molecule has 0 aliphatic carbocycles. The molecule has 1 aromatic carbocycles. The third-order valence-electron chi connectivity index (χ3n) is 2.38. The Morgan fingerprint density at radius 2 is 1.87 bits per heavy atom. The van der Waals surface area contributed by atoms with Gasteiger partial charge in [0.15, 0.2) is 11.6 Å². The maximum Gasteiger partial charge on any atom is 0.159 e. The van der Waals surface area contributed by atoms with Crippen molar-refractivity contribution in [2.24, 2.45) is 0 Å². The van der Waals surface area contributed by atoms with Gasteiger partial charge in [-0.05, 0) is 50.6 Å². The number of hydrogen-bond donors (Lipinski definition) is 1. The summed E-state index contributed by atoms with van der Waals surface area (Å²) in [5.74, 6) is -1.52. The van der Waals surface area contributed by atoms with Crippen LogP contribution in [0.1, 0.15) is 24.8 Å². The Morgan fingerprint density at radius 1 is 1.07 bits per heavy atom. The normalized spacial score (nSPS) is 10.6. The molecule has 15 heavy (non-hydrogen) atoms. The van der Waals surface area contributed by atoms with Gasteiger partial charge in [-0.15, -0.1) is 0 Å². The van der Waals surface area contributed by atoms with E-state index in [2.05, 4.69) is 5.32 Å². The third-order valence-corrected chi connectivity index (χ3v) is 2.38. The molecule has 0 bridgehead atoms. The summed E-state index contributed by atoms with van der Waals surface area (Å²) >= 11 is 0. The van der Waals surface area contributed by atoms with Crippen molar-refractivity contribution in [1.29, 1.82) is 0 Å². The van der Waals surface area contributed by atoms with Crippen molar-refractivity contribution in [3.8, 4) is 0 Å². The van der Waals surface area contributed by atoms with Crippen molar-refractivity contribution in [3.05, 3.63) is 35.4 Å². The first-order valence-corrected chi connectivity index (χ1v) is 5.32. The maximum atomic E-state index is 12.8. The second kappa shape index (κ2) is 6.51. The van der Waals surface area contributed by atoms with Crippen LogP contribution in [-0.2, 0) is 6.42 Å². The lowest BCUT2D eigenvalue weighted by Crippen LogP contribution is -2.07. The Kier molecular flexibility index (Phi) is 5.26. The quantitative estimate of drug-likeness (QED) is 0.716. The van der Waals surface area contributed by atoms with E-state index in [4.69, 9.17) is 0 Å². The van der Waals surface area contributed by atoms with Gasteiger partial charge in [-0.2, -0.15) is 0 Å². The largest absolute Gasteiger partial charge is 0.320 e. The third kappa shape index (κ3) is 4.38. The van der Waals surface area contributed by atoms with Crippen molar-refractivity contribution in [2.75, 3.05) is 13.6 Å². The van der Waals surface area contributed by atoms with Crippen LogP contribution in [-0.4, -0.2) is 13.6 Å². The van der Waals surface area contributed by atoms with E-state index in [9.17, 15) is 8.78 Å². The topological polar surface area (TPSA) is 12.0 Å². The summed E-state index contributed by atoms with van der Waals surface area (Å²) in [6.45, 7) is 1.01. The number of unbranched alkanes of at least 4 members (excludes halogenated alkanes) is 2. The van der Waals surface area contributed by atoms with E-state index in [0.29, 0.717) is 0 Å². The highest BCUT2D eigenvalue weighted by atomic mass is 19.2. The predicted molar refractivity (Wildman–Crippen MR) is 57.8 cm³/mol. The fourth-order valence-electron chi connectivity index (χ4n) is 1.50. The number of halogens is 2. The lowest BCUT2D eigenvalue weighted by atomic mass is 10.1. The van der Waals surface area contributed by atoms with E-state index in [1.807, 2.05) is 7.05 Å². The predicted octanol–water partition coefficient (Wildman–Crippen LogP) is 2.90. The van der Waals surface area contributed by atoms with Crippen molar-refractivity contribution >= 4 is 0 Å². The Labute approximate surface area is 89.5 Å². The Hall–Kier alpha value is -0.960. The molecule has 0 spiro atoms. The van der Waals surface area contributed by atoms with Crippen LogP contribution < -0.4 is 5.32 Å². The van der Waals surface area contributed by atoms with Gasteiger partial charge in [0.25, 0.3) is 0 Å². The van der Waals surface area contributed by atoms with Gasteiger partial charge in [0.05, 0.1) is 0 Å². The monoisotopic (exact) mass is 213 g/mol. The molecule has 0 aliphatic rings. The highest BCUT2D eigenvalue weighted by Crippen LogP contribution is 2.11. The molecular weight excluding hydrogens is 196 g/mol. The van der Waals surface area contributed by atoms with Crippen LogP contribution in [0.25, 0.3) is 0 Å². The van der Waals surface area contributed by atoms with Crippen LogP contribution in [0, 0.1) is 11.6 Å². The Morgan fingerprint density at radius 3 is 2.53 bits per heavy atom. The molecule has 0 aromatic heterocycles. The highest BCUT2D eigenvalue weighted by Gasteiger charge is 2.01. The molecule has 0 aliphatic heterocycles. The number of rotatable bonds is 6. The van der Waals surface area contributed by atoms with E-state index in [-0.39, 0.29) is 0 Å². The standard InChI is InChI=1S/C12H17F2N/c1-15-8-4-2-3-5-10-6-7-11(13)12(14)9-10/h6-7,9,15H,2-5,8H2,1H3. The van der Waals surface area contributed by atoms with Gasteiger partial charge in [0, 0.05) is 0 Å². The Bertz CT molecular complexity index is 300. The minimum absolute atomic E-state index is 0.747. The second-order valence-electron chi connectivity index (χ2n) is 3.66. The molecule has 0 atom stereocenters. The Balaban J connectivity index is 2.28. The SMILES string of the molecule is CNCCCCCc1ccc(F)c(F)c1. The molecule has 0 fully saturated rings. The molecule has 1 rings (SSSR count). The lowest BCUT2D eigenvalue weighted by Gasteiger charge is -2.02. The van der Waals surface area contributed by atoms with Crippen molar-refractivity contribution in [3.63, 3.8) is 0 Å². The summed E-state index contributed by atoms with van der Waals surface area (Å²) in [6, 6.07) is 4.13. The van der Waals surface area contributed by atoms with Crippen LogP contribution in [0.3, 0.4) is 0 Å². The van der Waals surface area contributed by atoms with Crippen molar-refractivity contribution < 1.29 is 8.78 Å². The first kappa shape index (κ1) is 12.1. The molecule has 1 aromatic rings. The summed E-state index contributed by atoms with van der Waals surface area (Å²) in [5.41, 5.74) is 0.873. The fraction of sp³-hybridized carbons (Fsp3) is 0.500. The summed E-state index contributed by atoms with van der Waals surface area (Å²) in [4.78, 5) is 0. The average molecular weight is 213 g/mol. The van der Waals surface area contributed by atoms with Crippen LogP contribution in [0.5, 0.6) is 0 Å². The molecule has 0 unspecified atom stereocenters. The van der Waals surface area contributed by atoms with Gasteiger partial charge in [-0.25, -0.2) is 8.78 Å². The van der Waals surface area contributed by atoms with E-state index in [0.717, 1.165) is 37.8 Å². The van der Waals surface area contributed by atoms with E-state index >= 15 is 0 Å². The average Bonchev–Trinajstić information content (AvgIpc) is 2.23. The first-order valence-electron chi connectivity index (χ1n) is 5.32. The summed E-state index contributed by atoms with van der Waals surface area (Å²) in [7, 11) is 1.93. The van der Waals surface area contributed by atoms with Gasteiger partial charge in [0.2, 0.25) is 0 Å². The molecule has 84 valence electrons. The first-order chi connectivity index (χ1) is 7.24. The zero-order valence-electron chi connectivity index (χ0n) is 9.02. The number of hydrogen-bond acceptors (Lipinski definition) is 1. The maximum absolute atomic E-state index is 12.8. The molecule has 0 heterocycles. The number of nitrogens with one attached hydrogen (secondary N) is 1. The van der Waals surface area contributed by atoms with Gasteiger partial charge in [-0.3, -0.25) is 0 Å². The van der Waals surface area contributed by atoms with Gasteiger partial charge in [0.1, 0.15) is 0 Å². The van der Waals surface area contributed by atoms with Crippen LogP contribution >= 0.6 is 0 Å². The van der Waals surface area contributed by atoms with Gasteiger partial charge < -0.3 is 5.32 Å². The van der Waals surface area contributed by atoms with E-state index < -0.39 is 11.6 Å². The van der Waals surface area contributed by atoms with Crippen molar-refractivity contribution in [2.45, 2.75) is 25.7 Å². The fourth-order valence-corrected chi connectivity index (χ4v) is 1.50. The second-order valence-corrected chi connectivity index (χ2v) is 3.66. The molecule has 0 saturated heterocycles. The van der Waals surface area contributed by atoms with E-state index in [1.165, 1.54) is 12.1 Å². The summed E-state index contributed by atoms with van der Waals surface area (Å²) in [6.07, 6.45) is 4.08. The highest BCUT2D eigenvalue weighted by molar-refractivity contribution is 5.17. The smallest absolute Gasteiger partial charge is 0.159 e. The van der Waals surface area contributed by atoms with Gasteiger partial charge in [-0.1, -0.05) is 12.5 Å². The lowest BCUT2D eigenvalue weighted by molar-refractivity contribution is 0.506. The molecule has 1 N–H and O–H groups in total. The van der Waals surface area contributed by atoms with Crippen LogP contribution in [0.4, 0.5) is 8.78 Å². The minimum atomic E-state index is -0.770. The number of benzene rings is 1. The van der Waals surface area contributed by atoms with E-state index in [1.54, 1.807) is 6.07 Å². The molecule has 0 amide bonds. The molecule has 0 saturated carbocycles. The summed E-state index contributed by atoms with van der Waals surface area (Å²) < 4.78 is 25.4. The number of aryl methyl sites for hydroxylation is 1. The summed E-state index contributed by atoms with van der Waals surface area (Å²) in [5, 5.41) is 3.07. The van der Waals surface area contributed by atoms with Crippen LogP contribution in [0.2, 0.25) is 0 Å². The molecule has 1 nitrogen and oxygen atoms in total. The molecule has 0 radical (unpaired) electrons. The zero-order valence-corrected chi connectivity index (χ0v) is 9.02. The van der Waals surface area contributed by atoms with Crippen LogP contribution in [0.15, 0.2) is 18.2 Å². The molecular formula is C12H17F2N. The minimum Gasteiger partial charge on any atom is -0.320 e. The van der Waals surface area contributed by atoms with Crippen molar-refractivity contribution in [1.82, 2.24) is 5.32 Å². The zero-order chi connectivity index (χ0) is 11.1. The molecule has 3 heteroatoms.